The van der Waals surface area contributed by atoms with E-state index in [9.17, 15) is 4.79 Å². The number of piperidine rings is 1. The van der Waals surface area contributed by atoms with Crippen LogP contribution in [0.2, 0.25) is 0 Å². The van der Waals surface area contributed by atoms with Crippen molar-refractivity contribution in [3.05, 3.63) is 35.7 Å². The van der Waals surface area contributed by atoms with Crippen LogP contribution in [0.25, 0.3) is 11.4 Å². The maximum atomic E-state index is 11.9. The van der Waals surface area contributed by atoms with E-state index in [4.69, 9.17) is 4.52 Å². The molecule has 0 N–H and O–H groups in total. The zero-order chi connectivity index (χ0) is 18.3. The van der Waals surface area contributed by atoms with Gasteiger partial charge in [0.2, 0.25) is 17.6 Å². The predicted octanol–water partition coefficient (Wildman–Crippen LogP) is 2.73. The molecule has 1 aromatic carbocycles. The van der Waals surface area contributed by atoms with Crippen molar-refractivity contribution in [3.8, 4) is 11.4 Å². The van der Waals surface area contributed by atoms with Crippen LogP contribution in [0.15, 0.2) is 28.8 Å². The molecule has 1 aliphatic heterocycles. The molecule has 0 radical (unpaired) electrons. The van der Waals surface area contributed by atoms with Crippen molar-refractivity contribution in [2.45, 2.75) is 38.8 Å². The maximum absolute atomic E-state index is 11.9. The van der Waals surface area contributed by atoms with Crippen molar-refractivity contribution in [2.24, 2.45) is 11.8 Å². The Balaban J connectivity index is 1.39. The van der Waals surface area contributed by atoms with E-state index in [0.717, 1.165) is 24.9 Å². The summed E-state index contributed by atoms with van der Waals surface area (Å²) < 4.78 is 5.47. The number of benzene rings is 1. The van der Waals surface area contributed by atoms with Crippen molar-refractivity contribution in [3.63, 3.8) is 0 Å². The smallest absolute Gasteiger partial charge is 0.241 e. The molecule has 4 rings (SSSR count). The van der Waals surface area contributed by atoms with E-state index in [1.165, 1.54) is 5.56 Å². The van der Waals surface area contributed by atoms with Crippen LogP contribution in [0.5, 0.6) is 0 Å². The highest BCUT2D eigenvalue weighted by Gasteiger charge is 2.41. The third-order valence-corrected chi connectivity index (χ3v) is 5.97. The van der Waals surface area contributed by atoms with E-state index in [1.54, 1.807) is 0 Å². The molecule has 26 heavy (non-hydrogen) atoms. The lowest BCUT2D eigenvalue weighted by Crippen LogP contribution is -2.39. The minimum Gasteiger partial charge on any atom is -0.345 e. The average Bonchev–Trinajstić information content (AvgIpc) is 3.23. The highest BCUT2D eigenvalue weighted by molar-refractivity contribution is 5.77. The van der Waals surface area contributed by atoms with Gasteiger partial charge in [0.25, 0.3) is 0 Å². The number of likely N-dealkylation sites (tertiary alicyclic amines) is 1. The molecule has 1 amide bonds. The van der Waals surface area contributed by atoms with Gasteiger partial charge in [-0.05, 0) is 38.6 Å². The van der Waals surface area contributed by atoms with Crippen LogP contribution in [-0.2, 0) is 11.3 Å². The van der Waals surface area contributed by atoms with Gasteiger partial charge in [0.1, 0.15) is 0 Å². The minimum absolute atomic E-state index is 0.286. The van der Waals surface area contributed by atoms with Gasteiger partial charge in [-0.3, -0.25) is 9.69 Å². The third kappa shape index (κ3) is 3.38. The predicted molar refractivity (Wildman–Crippen MR) is 98.2 cm³/mol. The van der Waals surface area contributed by atoms with E-state index in [-0.39, 0.29) is 5.91 Å². The molecule has 0 spiro atoms. The highest BCUT2D eigenvalue weighted by Crippen LogP contribution is 2.40. The number of aromatic nitrogens is 2. The fraction of sp³-hybridized carbons (Fsp3) is 0.550. The molecule has 6 nitrogen and oxygen atoms in total. The second kappa shape index (κ2) is 6.83. The lowest BCUT2D eigenvalue weighted by Gasteiger charge is -2.31. The van der Waals surface area contributed by atoms with Gasteiger partial charge in [-0.15, -0.1) is 0 Å². The Kier molecular flexibility index (Phi) is 4.53. The summed E-state index contributed by atoms with van der Waals surface area (Å²) in [5.41, 5.74) is 2.19. The van der Waals surface area contributed by atoms with Gasteiger partial charge in [0.15, 0.2) is 0 Å². The number of carbonyl (C=O) groups excluding carboxylic acids is 1. The van der Waals surface area contributed by atoms with Gasteiger partial charge in [0, 0.05) is 31.6 Å². The Labute approximate surface area is 154 Å². The second-order valence-electron chi connectivity index (χ2n) is 7.92. The summed E-state index contributed by atoms with van der Waals surface area (Å²) in [6.07, 6.45) is 2.92. The number of fused-ring (bicyclic) bond motifs is 1. The van der Waals surface area contributed by atoms with E-state index >= 15 is 0 Å². The molecule has 1 aliphatic carbocycles. The number of aryl methyl sites for hydroxylation is 1. The van der Waals surface area contributed by atoms with Crippen molar-refractivity contribution in [1.29, 1.82) is 0 Å². The molecule has 0 unspecified atom stereocenters. The van der Waals surface area contributed by atoms with Gasteiger partial charge < -0.3 is 9.42 Å². The second-order valence-corrected chi connectivity index (χ2v) is 7.92. The van der Waals surface area contributed by atoms with Crippen LogP contribution < -0.4 is 0 Å². The van der Waals surface area contributed by atoms with Crippen LogP contribution in [0.3, 0.4) is 0 Å². The summed E-state index contributed by atoms with van der Waals surface area (Å²) in [6, 6.07) is 8.61. The van der Waals surface area contributed by atoms with Crippen molar-refractivity contribution >= 4 is 5.91 Å². The zero-order valence-corrected chi connectivity index (χ0v) is 15.7. The molecule has 2 heterocycles. The molecule has 1 saturated heterocycles. The van der Waals surface area contributed by atoms with Gasteiger partial charge in [-0.2, -0.15) is 4.98 Å². The van der Waals surface area contributed by atoms with Gasteiger partial charge >= 0.3 is 0 Å². The Morgan fingerprint density at radius 3 is 2.73 bits per heavy atom. The van der Waals surface area contributed by atoms with E-state index in [0.29, 0.717) is 42.6 Å². The van der Waals surface area contributed by atoms with Crippen LogP contribution in [0.1, 0.15) is 30.7 Å². The molecule has 1 saturated carbocycles. The van der Waals surface area contributed by atoms with Crippen LogP contribution in [-0.4, -0.2) is 52.5 Å². The largest absolute Gasteiger partial charge is 0.345 e. The topological polar surface area (TPSA) is 62.5 Å². The summed E-state index contributed by atoms with van der Waals surface area (Å²) in [5, 5.41) is 4.12. The highest BCUT2D eigenvalue weighted by atomic mass is 16.5. The molecular formula is C20H26N4O2. The molecule has 138 valence electrons. The van der Waals surface area contributed by atoms with Gasteiger partial charge in [-0.25, -0.2) is 0 Å². The fourth-order valence-electron chi connectivity index (χ4n) is 4.33. The average molecular weight is 354 g/mol. The number of hydrogen-bond acceptors (Lipinski definition) is 5. The molecular weight excluding hydrogens is 328 g/mol. The number of carbonyl (C=O) groups is 1. The monoisotopic (exact) mass is 354 g/mol. The first kappa shape index (κ1) is 17.2. The van der Waals surface area contributed by atoms with E-state index < -0.39 is 0 Å². The van der Waals surface area contributed by atoms with Gasteiger partial charge in [-0.1, -0.05) is 35.0 Å². The Morgan fingerprint density at radius 2 is 1.96 bits per heavy atom. The van der Waals surface area contributed by atoms with Crippen LogP contribution in [0, 0.1) is 18.8 Å². The maximum Gasteiger partial charge on any atom is 0.241 e. The Hall–Kier alpha value is -2.21. The molecule has 3 atom stereocenters. The standard InChI is InChI=1S/C20H26N4O2/c1-13-4-6-14(7-5-13)20-21-18(26-22-20)12-23(2)17-8-15-10-19(25)24(3)11-16(15)9-17/h4-7,15-17H,8-12H2,1-3H3/t15-,16+,17-/m1/s1. The first-order chi connectivity index (χ1) is 12.5. The number of amides is 1. The zero-order valence-electron chi connectivity index (χ0n) is 15.7. The molecule has 2 aliphatic rings. The van der Waals surface area contributed by atoms with Crippen molar-refractivity contribution in [1.82, 2.24) is 19.9 Å². The van der Waals surface area contributed by atoms with E-state index in [2.05, 4.69) is 41.1 Å². The lowest BCUT2D eigenvalue weighted by atomic mass is 9.88. The van der Waals surface area contributed by atoms with Crippen molar-refractivity contribution < 1.29 is 9.32 Å². The number of rotatable bonds is 4. The molecule has 0 bridgehead atoms. The summed E-state index contributed by atoms with van der Waals surface area (Å²) >= 11 is 0. The molecule has 6 heteroatoms. The van der Waals surface area contributed by atoms with Crippen LogP contribution >= 0.6 is 0 Å². The SMILES string of the molecule is Cc1ccc(-c2noc(CN(C)[C@@H]3C[C@@H]4CC(=O)N(C)C[C@@H]4C3)n2)cc1. The van der Waals surface area contributed by atoms with Crippen molar-refractivity contribution in [2.75, 3.05) is 20.6 Å². The summed E-state index contributed by atoms with van der Waals surface area (Å²) in [4.78, 5) is 20.7. The molecule has 1 aromatic heterocycles. The molecule has 2 fully saturated rings. The Morgan fingerprint density at radius 1 is 1.23 bits per heavy atom. The summed E-state index contributed by atoms with van der Waals surface area (Å²) in [6.45, 7) is 3.60. The van der Waals surface area contributed by atoms with Crippen LogP contribution in [0.4, 0.5) is 0 Å². The summed E-state index contributed by atoms with van der Waals surface area (Å²) in [5.74, 6) is 2.72. The summed E-state index contributed by atoms with van der Waals surface area (Å²) in [7, 11) is 4.03. The Bertz CT molecular complexity index is 785. The minimum atomic E-state index is 0.286. The number of hydrogen-bond donors (Lipinski definition) is 0. The van der Waals surface area contributed by atoms with Gasteiger partial charge in [0.05, 0.1) is 6.54 Å². The fourth-order valence-corrected chi connectivity index (χ4v) is 4.33. The first-order valence-electron chi connectivity index (χ1n) is 9.33. The first-order valence-corrected chi connectivity index (χ1v) is 9.33. The molecule has 2 aromatic rings. The normalized spacial score (nSPS) is 25.8. The lowest BCUT2D eigenvalue weighted by molar-refractivity contribution is -0.134. The quantitative estimate of drug-likeness (QED) is 0.845. The third-order valence-electron chi connectivity index (χ3n) is 5.97. The van der Waals surface area contributed by atoms with E-state index in [1.807, 2.05) is 24.1 Å². The number of nitrogens with zero attached hydrogens (tertiary/aromatic N) is 4.